The highest BCUT2D eigenvalue weighted by Gasteiger charge is 2.76. The molecule has 4 saturated carbocycles. The lowest BCUT2D eigenvalue weighted by Crippen LogP contribution is -2.46. The first-order valence-electron chi connectivity index (χ1n) is 7.35. The molecule has 4 fully saturated rings. The van der Waals surface area contributed by atoms with Crippen LogP contribution >= 0.6 is 0 Å². The molecule has 5 heteroatoms. The Bertz CT molecular complexity index is 508. The molecule has 2 bridgehead atoms. The lowest BCUT2D eigenvalue weighted by atomic mass is 9.79. The average Bonchev–Trinajstić information content (AvgIpc) is 2.92. The SMILES string of the molecule is CC(=O)OC1(OC(C)=O)CC2C3CC(=O)C4C3CC2C41. The summed E-state index contributed by atoms with van der Waals surface area (Å²) in [4.78, 5) is 35.2. The first-order chi connectivity index (χ1) is 9.43. The molecule has 0 heterocycles. The third-order valence-electron chi connectivity index (χ3n) is 5.97. The lowest BCUT2D eigenvalue weighted by molar-refractivity contribution is -0.244. The zero-order valence-corrected chi connectivity index (χ0v) is 11.6. The molecule has 4 aliphatic rings. The van der Waals surface area contributed by atoms with E-state index in [1.54, 1.807) is 0 Å². The van der Waals surface area contributed by atoms with E-state index in [1.807, 2.05) is 0 Å². The number of esters is 2. The molecule has 4 aliphatic carbocycles. The van der Waals surface area contributed by atoms with Gasteiger partial charge in [0.15, 0.2) is 0 Å². The molecule has 0 aromatic carbocycles. The van der Waals surface area contributed by atoms with Crippen LogP contribution in [0.5, 0.6) is 0 Å². The number of ether oxygens (including phenoxy) is 2. The molecule has 20 heavy (non-hydrogen) atoms. The second-order valence-corrected chi connectivity index (χ2v) is 6.82. The van der Waals surface area contributed by atoms with Crippen LogP contribution < -0.4 is 0 Å². The van der Waals surface area contributed by atoms with Gasteiger partial charge >= 0.3 is 11.9 Å². The van der Waals surface area contributed by atoms with Crippen molar-refractivity contribution in [2.24, 2.45) is 35.5 Å². The summed E-state index contributed by atoms with van der Waals surface area (Å²) in [5.41, 5.74) is 0. The number of ketones is 1. The van der Waals surface area contributed by atoms with Crippen LogP contribution in [0.25, 0.3) is 0 Å². The number of hydrogen-bond donors (Lipinski definition) is 0. The summed E-state index contributed by atoms with van der Waals surface area (Å²) in [7, 11) is 0. The van der Waals surface area contributed by atoms with Crippen molar-refractivity contribution in [3.05, 3.63) is 0 Å². The van der Waals surface area contributed by atoms with E-state index >= 15 is 0 Å². The van der Waals surface area contributed by atoms with Crippen LogP contribution in [0.1, 0.15) is 33.1 Å². The normalized spacial score (nSPS) is 45.8. The summed E-state index contributed by atoms with van der Waals surface area (Å²) in [6, 6.07) is 0. The molecule has 6 unspecified atom stereocenters. The van der Waals surface area contributed by atoms with E-state index in [2.05, 4.69) is 0 Å². The maximum absolute atomic E-state index is 12.3. The monoisotopic (exact) mass is 278 g/mol. The Balaban J connectivity index is 1.77. The van der Waals surface area contributed by atoms with Crippen molar-refractivity contribution in [2.45, 2.75) is 38.9 Å². The zero-order valence-electron chi connectivity index (χ0n) is 11.6. The number of carbonyl (C=O) groups is 3. The Morgan fingerprint density at radius 3 is 2.30 bits per heavy atom. The summed E-state index contributed by atoms with van der Waals surface area (Å²) >= 11 is 0. The predicted octanol–water partition coefficient (Wildman–Crippen LogP) is 1.30. The van der Waals surface area contributed by atoms with Crippen molar-refractivity contribution < 1.29 is 23.9 Å². The summed E-state index contributed by atoms with van der Waals surface area (Å²) < 4.78 is 11.0. The Morgan fingerprint density at radius 1 is 1.05 bits per heavy atom. The molecule has 0 N–H and O–H groups in total. The van der Waals surface area contributed by atoms with E-state index in [4.69, 9.17) is 9.47 Å². The number of carbonyl (C=O) groups excluding carboxylic acids is 3. The van der Waals surface area contributed by atoms with Crippen LogP contribution in [-0.2, 0) is 23.9 Å². The smallest absolute Gasteiger partial charge is 0.305 e. The largest absolute Gasteiger partial charge is 0.422 e. The average molecular weight is 278 g/mol. The molecule has 6 atom stereocenters. The Labute approximate surface area is 117 Å². The fourth-order valence-electron chi connectivity index (χ4n) is 5.86. The molecule has 0 amide bonds. The van der Waals surface area contributed by atoms with Gasteiger partial charge in [-0.25, -0.2) is 0 Å². The highest BCUT2D eigenvalue weighted by molar-refractivity contribution is 5.86. The van der Waals surface area contributed by atoms with E-state index in [0.29, 0.717) is 36.5 Å². The Hall–Kier alpha value is -1.39. The summed E-state index contributed by atoms with van der Waals surface area (Å²) in [6.45, 7) is 2.66. The van der Waals surface area contributed by atoms with Gasteiger partial charge < -0.3 is 9.47 Å². The number of fused-ring (bicyclic) bond motifs is 2. The van der Waals surface area contributed by atoms with Gasteiger partial charge in [0.1, 0.15) is 5.78 Å². The third kappa shape index (κ3) is 1.31. The standard InChI is InChI=1S/C15H18O5/c1-6(16)19-15(20-7(2)17)5-11-8-4-12(18)13-9(8)3-10(11)14(13)15/h8-11,13-14H,3-5H2,1-2H3. The predicted molar refractivity (Wildman–Crippen MR) is 66.1 cm³/mol. The van der Waals surface area contributed by atoms with Gasteiger partial charge in [0.05, 0.1) is 0 Å². The van der Waals surface area contributed by atoms with Crippen LogP contribution in [-0.4, -0.2) is 23.5 Å². The second-order valence-electron chi connectivity index (χ2n) is 6.82. The van der Waals surface area contributed by atoms with Gasteiger partial charge in [-0.2, -0.15) is 0 Å². The van der Waals surface area contributed by atoms with Crippen molar-refractivity contribution in [2.75, 3.05) is 0 Å². The molecule has 0 spiro atoms. The second kappa shape index (κ2) is 3.62. The maximum Gasteiger partial charge on any atom is 0.305 e. The molecule has 0 aromatic heterocycles. The first-order valence-corrected chi connectivity index (χ1v) is 7.35. The zero-order chi connectivity index (χ0) is 14.2. The van der Waals surface area contributed by atoms with Gasteiger partial charge in [-0.3, -0.25) is 14.4 Å². The van der Waals surface area contributed by atoms with Gasteiger partial charge in [-0.1, -0.05) is 0 Å². The molecule has 4 rings (SSSR count). The van der Waals surface area contributed by atoms with Gasteiger partial charge in [0, 0.05) is 38.5 Å². The first kappa shape index (κ1) is 12.4. The van der Waals surface area contributed by atoms with E-state index in [-0.39, 0.29) is 17.6 Å². The van der Waals surface area contributed by atoms with Crippen LogP contribution in [0, 0.1) is 35.5 Å². The quantitative estimate of drug-likeness (QED) is 0.562. The van der Waals surface area contributed by atoms with E-state index in [9.17, 15) is 14.4 Å². The molecule has 0 aliphatic heterocycles. The van der Waals surface area contributed by atoms with Crippen LogP contribution in [0.4, 0.5) is 0 Å². The molecule has 5 nitrogen and oxygen atoms in total. The van der Waals surface area contributed by atoms with E-state index < -0.39 is 17.7 Å². The van der Waals surface area contributed by atoms with Crippen molar-refractivity contribution in [1.82, 2.24) is 0 Å². The van der Waals surface area contributed by atoms with E-state index in [1.165, 1.54) is 13.8 Å². The number of Topliss-reactive ketones (excluding diaryl/α,β-unsaturated/α-hetero) is 1. The van der Waals surface area contributed by atoms with Gasteiger partial charge in [-0.15, -0.1) is 0 Å². The molecular formula is C15H18O5. The molecular weight excluding hydrogens is 260 g/mol. The van der Waals surface area contributed by atoms with Crippen molar-refractivity contribution in [1.29, 1.82) is 0 Å². The van der Waals surface area contributed by atoms with Crippen LogP contribution in [0.3, 0.4) is 0 Å². The Morgan fingerprint density at radius 2 is 1.70 bits per heavy atom. The summed E-state index contributed by atoms with van der Waals surface area (Å²) in [5, 5.41) is 0. The van der Waals surface area contributed by atoms with Crippen LogP contribution in [0.15, 0.2) is 0 Å². The summed E-state index contributed by atoms with van der Waals surface area (Å²) in [6.07, 6.45) is 2.27. The molecule has 108 valence electrons. The highest BCUT2D eigenvalue weighted by atomic mass is 16.7. The molecule has 0 aromatic rings. The molecule has 0 saturated heterocycles. The van der Waals surface area contributed by atoms with Gasteiger partial charge in [0.2, 0.25) is 0 Å². The van der Waals surface area contributed by atoms with Crippen molar-refractivity contribution in [3.63, 3.8) is 0 Å². The topological polar surface area (TPSA) is 69.7 Å². The minimum Gasteiger partial charge on any atom is -0.422 e. The Kier molecular flexibility index (Phi) is 2.24. The van der Waals surface area contributed by atoms with Gasteiger partial charge in [-0.05, 0) is 30.1 Å². The van der Waals surface area contributed by atoms with Crippen molar-refractivity contribution >= 4 is 17.7 Å². The maximum atomic E-state index is 12.3. The summed E-state index contributed by atoms with van der Waals surface area (Å²) in [5.74, 6) is -0.392. The lowest BCUT2D eigenvalue weighted by Gasteiger charge is -2.35. The minimum absolute atomic E-state index is 0.0672. The number of hydrogen-bond acceptors (Lipinski definition) is 5. The van der Waals surface area contributed by atoms with Crippen molar-refractivity contribution in [3.8, 4) is 0 Å². The number of rotatable bonds is 2. The fraction of sp³-hybridized carbons (Fsp3) is 0.800. The van der Waals surface area contributed by atoms with Crippen LogP contribution in [0.2, 0.25) is 0 Å². The van der Waals surface area contributed by atoms with Gasteiger partial charge in [0.25, 0.3) is 5.79 Å². The van der Waals surface area contributed by atoms with E-state index in [0.717, 1.165) is 6.42 Å². The fourth-order valence-corrected chi connectivity index (χ4v) is 5.86. The third-order valence-corrected chi connectivity index (χ3v) is 5.97. The minimum atomic E-state index is -1.18. The highest BCUT2D eigenvalue weighted by Crippen LogP contribution is 2.72. The molecule has 0 radical (unpaired) electrons.